The maximum absolute atomic E-state index is 8.84. The zero-order chi connectivity index (χ0) is 7.11. The van der Waals surface area contributed by atoms with Gasteiger partial charge in [0.2, 0.25) is 0 Å². The summed E-state index contributed by atoms with van der Waals surface area (Å²) in [6.07, 6.45) is 1.99. The average molecular weight is 148 g/mol. The quantitative estimate of drug-likeness (QED) is 0.601. The molecule has 9 heavy (non-hydrogen) atoms. The Balaban J connectivity index is 2.75. The third-order valence-corrected chi connectivity index (χ3v) is 2.10. The molecule has 0 aliphatic rings. The second-order valence-corrected chi connectivity index (χ2v) is 3.58. The Morgan fingerprint density at radius 3 is 2.67 bits per heavy atom. The lowest BCUT2D eigenvalue weighted by molar-refractivity contribution is 0.184. The molecule has 0 aliphatic heterocycles. The summed E-state index contributed by atoms with van der Waals surface area (Å²) in [5.74, 6) is 2.39. The van der Waals surface area contributed by atoms with E-state index in [4.69, 9.17) is 5.11 Å². The standard InChI is InChI=1S/C7H16OS/c1-3-9-6-4-5-7(2)8/h7-8H,3-6H2,1-2H3. The number of hydrogen-bond acceptors (Lipinski definition) is 2. The first-order chi connectivity index (χ1) is 4.27. The summed E-state index contributed by atoms with van der Waals surface area (Å²) in [5.41, 5.74) is 0. The molecule has 0 spiro atoms. The molecule has 0 amide bonds. The molecule has 0 aromatic heterocycles. The summed E-state index contributed by atoms with van der Waals surface area (Å²) >= 11 is 1.94. The van der Waals surface area contributed by atoms with E-state index in [1.54, 1.807) is 0 Å². The molecule has 1 unspecified atom stereocenters. The van der Waals surface area contributed by atoms with Crippen molar-refractivity contribution >= 4 is 11.8 Å². The molecule has 2 heteroatoms. The van der Waals surface area contributed by atoms with Crippen LogP contribution in [-0.2, 0) is 0 Å². The van der Waals surface area contributed by atoms with Crippen molar-refractivity contribution in [2.75, 3.05) is 11.5 Å². The van der Waals surface area contributed by atoms with Crippen molar-refractivity contribution in [2.24, 2.45) is 0 Å². The van der Waals surface area contributed by atoms with E-state index < -0.39 is 0 Å². The number of rotatable bonds is 5. The van der Waals surface area contributed by atoms with Crippen LogP contribution in [-0.4, -0.2) is 22.7 Å². The second-order valence-electron chi connectivity index (χ2n) is 2.19. The Morgan fingerprint density at radius 1 is 1.56 bits per heavy atom. The fraction of sp³-hybridized carbons (Fsp3) is 1.00. The topological polar surface area (TPSA) is 20.2 Å². The molecule has 1 nitrogen and oxygen atoms in total. The highest BCUT2D eigenvalue weighted by molar-refractivity contribution is 7.99. The maximum Gasteiger partial charge on any atom is 0.0512 e. The van der Waals surface area contributed by atoms with Gasteiger partial charge in [0.15, 0.2) is 0 Å². The normalized spacial score (nSPS) is 13.7. The third-order valence-electron chi connectivity index (χ3n) is 1.11. The summed E-state index contributed by atoms with van der Waals surface area (Å²) < 4.78 is 0. The Kier molecular flexibility index (Phi) is 6.65. The molecule has 56 valence electrons. The van der Waals surface area contributed by atoms with Crippen molar-refractivity contribution < 1.29 is 5.11 Å². The Hall–Kier alpha value is 0.310. The number of aliphatic hydroxyl groups is 1. The van der Waals surface area contributed by atoms with Crippen LogP contribution in [0.15, 0.2) is 0 Å². The van der Waals surface area contributed by atoms with Gasteiger partial charge in [-0.05, 0) is 31.3 Å². The van der Waals surface area contributed by atoms with E-state index in [2.05, 4.69) is 6.92 Å². The van der Waals surface area contributed by atoms with Crippen molar-refractivity contribution in [1.29, 1.82) is 0 Å². The molecule has 0 saturated carbocycles. The minimum atomic E-state index is -0.109. The van der Waals surface area contributed by atoms with Crippen molar-refractivity contribution in [1.82, 2.24) is 0 Å². The lowest BCUT2D eigenvalue weighted by Crippen LogP contribution is -1.99. The van der Waals surface area contributed by atoms with E-state index in [1.807, 2.05) is 18.7 Å². The molecule has 0 aromatic rings. The summed E-state index contributed by atoms with van der Waals surface area (Å²) in [4.78, 5) is 0. The van der Waals surface area contributed by atoms with Crippen LogP contribution in [0.3, 0.4) is 0 Å². The SMILES string of the molecule is CCSCCCC(C)O. The van der Waals surface area contributed by atoms with Crippen LogP contribution in [0.1, 0.15) is 26.7 Å². The van der Waals surface area contributed by atoms with Gasteiger partial charge >= 0.3 is 0 Å². The van der Waals surface area contributed by atoms with Gasteiger partial charge in [-0.15, -0.1) is 0 Å². The Bertz CT molecular complexity index is 54.9. The third kappa shape index (κ3) is 8.31. The highest BCUT2D eigenvalue weighted by Gasteiger charge is 1.93. The lowest BCUT2D eigenvalue weighted by Gasteiger charge is -2.01. The first kappa shape index (κ1) is 9.31. The minimum absolute atomic E-state index is 0.109. The predicted octanol–water partition coefficient (Wildman–Crippen LogP) is 1.90. The van der Waals surface area contributed by atoms with Crippen molar-refractivity contribution in [3.8, 4) is 0 Å². The van der Waals surface area contributed by atoms with Crippen LogP contribution in [0.4, 0.5) is 0 Å². The predicted molar refractivity (Wildman–Crippen MR) is 43.9 cm³/mol. The van der Waals surface area contributed by atoms with Crippen LogP contribution >= 0.6 is 11.8 Å². The highest BCUT2D eigenvalue weighted by atomic mass is 32.2. The van der Waals surface area contributed by atoms with Gasteiger partial charge in [-0.1, -0.05) is 6.92 Å². The van der Waals surface area contributed by atoms with Gasteiger partial charge in [0, 0.05) is 0 Å². The van der Waals surface area contributed by atoms with Crippen molar-refractivity contribution in [3.05, 3.63) is 0 Å². The van der Waals surface area contributed by atoms with Crippen LogP contribution in [0.25, 0.3) is 0 Å². The Morgan fingerprint density at radius 2 is 2.22 bits per heavy atom. The maximum atomic E-state index is 8.84. The molecule has 0 rings (SSSR count). The second kappa shape index (κ2) is 6.43. The van der Waals surface area contributed by atoms with Gasteiger partial charge in [0.25, 0.3) is 0 Å². The van der Waals surface area contributed by atoms with E-state index in [-0.39, 0.29) is 6.10 Å². The summed E-state index contributed by atoms with van der Waals surface area (Å²) in [5, 5.41) is 8.84. The van der Waals surface area contributed by atoms with E-state index in [0.29, 0.717) is 0 Å². The smallest absolute Gasteiger partial charge is 0.0512 e. The molecule has 0 heterocycles. The van der Waals surface area contributed by atoms with Gasteiger partial charge in [0.05, 0.1) is 6.10 Å². The summed E-state index contributed by atoms with van der Waals surface area (Å²) in [7, 11) is 0. The van der Waals surface area contributed by atoms with E-state index in [0.717, 1.165) is 12.8 Å². The fourth-order valence-corrected chi connectivity index (χ4v) is 1.28. The van der Waals surface area contributed by atoms with Crippen LogP contribution in [0, 0.1) is 0 Å². The molecule has 1 atom stereocenters. The molecular weight excluding hydrogens is 132 g/mol. The van der Waals surface area contributed by atoms with Gasteiger partial charge in [0.1, 0.15) is 0 Å². The first-order valence-electron chi connectivity index (χ1n) is 3.53. The van der Waals surface area contributed by atoms with Gasteiger partial charge in [-0.2, -0.15) is 11.8 Å². The van der Waals surface area contributed by atoms with Crippen LogP contribution in [0.5, 0.6) is 0 Å². The lowest BCUT2D eigenvalue weighted by atomic mass is 10.2. The van der Waals surface area contributed by atoms with Crippen LogP contribution in [0.2, 0.25) is 0 Å². The average Bonchev–Trinajstić information content (AvgIpc) is 1.80. The number of hydrogen-bond donors (Lipinski definition) is 1. The van der Waals surface area contributed by atoms with E-state index in [1.165, 1.54) is 11.5 Å². The van der Waals surface area contributed by atoms with Gasteiger partial charge in [-0.3, -0.25) is 0 Å². The first-order valence-corrected chi connectivity index (χ1v) is 4.68. The molecule has 0 fully saturated rings. The molecule has 0 aromatic carbocycles. The van der Waals surface area contributed by atoms with Crippen LogP contribution < -0.4 is 0 Å². The van der Waals surface area contributed by atoms with Gasteiger partial charge in [-0.25, -0.2) is 0 Å². The number of aliphatic hydroxyl groups excluding tert-OH is 1. The van der Waals surface area contributed by atoms with Crippen molar-refractivity contribution in [3.63, 3.8) is 0 Å². The molecule has 0 radical (unpaired) electrons. The number of thioether (sulfide) groups is 1. The zero-order valence-corrected chi connectivity index (χ0v) is 7.08. The summed E-state index contributed by atoms with van der Waals surface area (Å²) in [6, 6.07) is 0. The summed E-state index contributed by atoms with van der Waals surface area (Å²) in [6.45, 7) is 4.00. The van der Waals surface area contributed by atoms with E-state index >= 15 is 0 Å². The molecule has 0 bridgehead atoms. The molecular formula is C7H16OS. The zero-order valence-electron chi connectivity index (χ0n) is 6.26. The fourth-order valence-electron chi connectivity index (χ4n) is 0.625. The Labute approximate surface area is 61.8 Å². The monoisotopic (exact) mass is 148 g/mol. The largest absolute Gasteiger partial charge is 0.393 e. The minimum Gasteiger partial charge on any atom is -0.393 e. The highest BCUT2D eigenvalue weighted by Crippen LogP contribution is 2.04. The molecule has 1 N–H and O–H groups in total. The molecule has 0 saturated heterocycles. The molecule has 0 aliphatic carbocycles. The van der Waals surface area contributed by atoms with Crippen molar-refractivity contribution in [2.45, 2.75) is 32.8 Å². The van der Waals surface area contributed by atoms with E-state index in [9.17, 15) is 0 Å². The van der Waals surface area contributed by atoms with Gasteiger partial charge < -0.3 is 5.11 Å².